The molecule has 1 N–H and O–H groups in total. The summed E-state index contributed by atoms with van der Waals surface area (Å²) in [5.41, 5.74) is 0.997. The van der Waals surface area contributed by atoms with Gasteiger partial charge in [-0.1, -0.05) is 25.0 Å². The highest BCUT2D eigenvalue weighted by molar-refractivity contribution is 5.89. The zero-order valence-electron chi connectivity index (χ0n) is 15.8. The fraction of sp³-hybridized carbons (Fsp3) is 0.619. The first-order valence-electron chi connectivity index (χ1n) is 10.2. The van der Waals surface area contributed by atoms with E-state index in [1.165, 1.54) is 12.1 Å². The second kappa shape index (κ2) is 8.05. The minimum atomic E-state index is -2.83. The van der Waals surface area contributed by atoms with Gasteiger partial charge in [0.2, 0.25) is 11.8 Å². The van der Waals surface area contributed by atoms with E-state index in [0.29, 0.717) is 6.54 Å². The molecule has 1 heterocycles. The highest BCUT2D eigenvalue weighted by Gasteiger charge is 2.43. The van der Waals surface area contributed by atoms with Crippen LogP contribution in [0.1, 0.15) is 56.4 Å². The van der Waals surface area contributed by atoms with Crippen LogP contribution in [0.4, 0.5) is 8.78 Å². The number of benzene rings is 1. The SMILES string of the molecule is O=C(N[C@@H]1C[C@H]1c1ccc(OC(F)F)cc1)C1CCCN1C(=O)C1CCCC1. The molecule has 1 aromatic rings. The third kappa shape index (κ3) is 4.13. The molecule has 4 rings (SSSR count). The van der Waals surface area contributed by atoms with Crippen LogP contribution >= 0.6 is 0 Å². The van der Waals surface area contributed by atoms with Crippen LogP contribution in [-0.2, 0) is 9.59 Å². The molecule has 28 heavy (non-hydrogen) atoms. The summed E-state index contributed by atoms with van der Waals surface area (Å²) < 4.78 is 28.8. The number of halogens is 2. The summed E-state index contributed by atoms with van der Waals surface area (Å²) in [7, 11) is 0. The van der Waals surface area contributed by atoms with Gasteiger partial charge in [-0.05, 0) is 49.8 Å². The molecule has 152 valence electrons. The lowest BCUT2D eigenvalue weighted by Crippen LogP contribution is -2.48. The molecule has 2 amide bonds. The van der Waals surface area contributed by atoms with Crippen LogP contribution in [0.5, 0.6) is 5.75 Å². The van der Waals surface area contributed by atoms with Gasteiger partial charge in [0.05, 0.1) is 0 Å². The Hall–Kier alpha value is -2.18. The molecule has 3 atom stereocenters. The van der Waals surface area contributed by atoms with Crippen molar-refractivity contribution in [1.82, 2.24) is 10.2 Å². The third-order valence-corrected chi connectivity index (χ3v) is 6.19. The summed E-state index contributed by atoms with van der Waals surface area (Å²) in [6.07, 6.45) is 6.51. The van der Waals surface area contributed by atoms with Gasteiger partial charge in [-0.25, -0.2) is 0 Å². The monoisotopic (exact) mass is 392 g/mol. The van der Waals surface area contributed by atoms with E-state index < -0.39 is 6.61 Å². The molecule has 7 heteroatoms. The number of nitrogens with zero attached hydrogens (tertiary/aromatic N) is 1. The number of ether oxygens (including phenoxy) is 1. The minimum Gasteiger partial charge on any atom is -0.435 e. The molecule has 1 unspecified atom stereocenters. The van der Waals surface area contributed by atoms with E-state index in [0.717, 1.165) is 50.5 Å². The summed E-state index contributed by atoms with van der Waals surface area (Å²) >= 11 is 0. The molecule has 1 saturated heterocycles. The summed E-state index contributed by atoms with van der Waals surface area (Å²) in [6, 6.07) is 6.27. The van der Waals surface area contributed by atoms with Gasteiger partial charge >= 0.3 is 6.61 Å². The zero-order chi connectivity index (χ0) is 19.7. The van der Waals surface area contributed by atoms with Crippen LogP contribution in [0.3, 0.4) is 0 Å². The Morgan fingerprint density at radius 1 is 1.07 bits per heavy atom. The zero-order valence-corrected chi connectivity index (χ0v) is 15.8. The predicted molar refractivity (Wildman–Crippen MR) is 99.1 cm³/mol. The molecular formula is C21H26F2N2O3. The number of hydrogen-bond donors (Lipinski definition) is 1. The van der Waals surface area contributed by atoms with Crippen LogP contribution in [0.25, 0.3) is 0 Å². The van der Waals surface area contributed by atoms with Crippen molar-refractivity contribution < 1.29 is 23.1 Å². The Kier molecular flexibility index (Phi) is 5.51. The number of nitrogens with one attached hydrogen (secondary N) is 1. The normalized spacial score (nSPS) is 27.2. The fourth-order valence-corrected chi connectivity index (χ4v) is 4.61. The lowest BCUT2D eigenvalue weighted by molar-refractivity contribution is -0.141. The Balaban J connectivity index is 1.31. The van der Waals surface area contributed by atoms with Crippen LogP contribution in [0.15, 0.2) is 24.3 Å². The topological polar surface area (TPSA) is 58.6 Å². The molecule has 3 fully saturated rings. The lowest BCUT2D eigenvalue weighted by atomic mass is 10.1. The van der Waals surface area contributed by atoms with Gasteiger partial charge < -0.3 is 15.0 Å². The molecular weight excluding hydrogens is 366 g/mol. The average molecular weight is 392 g/mol. The van der Waals surface area contributed by atoms with E-state index >= 15 is 0 Å². The average Bonchev–Trinajstić information content (AvgIpc) is 3.09. The Labute approximate surface area is 163 Å². The van der Waals surface area contributed by atoms with Gasteiger partial charge in [0.1, 0.15) is 11.8 Å². The number of likely N-dealkylation sites (tertiary alicyclic amines) is 1. The summed E-state index contributed by atoms with van der Waals surface area (Å²) in [6.45, 7) is -2.16. The second-order valence-corrected chi connectivity index (χ2v) is 8.08. The van der Waals surface area contributed by atoms with Gasteiger partial charge in [-0.2, -0.15) is 8.78 Å². The fourth-order valence-electron chi connectivity index (χ4n) is 4.61. The van der Waals surface area contributed by atoms with Crippen molar-refractivity contribution in [3.8, 4) is 5.75 Å². The maximum Gasteiger partial charge on any atom is 0.387 e. The van der Waals surface area contributed by atoms with Gasteiger partial charge in [0.25, 0.3) is 0 Å². The molecule has 2 saturated carbocycles. The Bertz CT molecular complexity index is 719. The van der Waals surface area contributed by atoms with Gasteiger partial charge in [0, 0.05) is 24.4 Å². The predicted octanol–water partition coefficient (Wildman–Crippen LogP) is 3.44. The highest BCUT2D eigenvalue weighted by atomic mass is 19.3. The van der Waals surface area contributed by atoms with Crippen LogP contribution in [0, 0.1) is 5.92 Å². The van der Waals surface area contributed by atoms with Crippen molar-refractivity contribution in [3.63, 3.8) is 0 Å². The van der Waals surface area contributed by atoms with Crippen molar-refractivity contribution in [3.05, 3.63) is 29.8 Å². The van der Waals surface area contributed by atoms with E-state index in [9.17, 15) is 18.4 Å². The lowest BCUT2D eigenvalue weighted by Gasteiger charge is -2.26. The van der Waals surface area contributed by atoms with E-state index in [1.807, 2.05) is 0 Å². The number of alkyl halides is 2. The van der Waals surface area contributed by atoms with E-state index in [-0.39, 0.29) is 41.5 Å². The van der Waals surface area contributed by atoms with Crippen molar-refractivity contribution in [2.24, 2.45) is 5.92 Å². The number of carbonyl (C=O) groups is 2. The van der Waals surface area contributed by atoms with Crippen molar-refractivity contribution in [2.45, 2.75) is 69.6 Å². The molecule has 3 aliphatic rings. The van der Waals surface area contributed by atoms with Gasteiger partial charge in [0.15, 0.2) is 0 Å². The quantitative estimate of drug-likeness (QED) is 0.807. The molecule has 1 aromatic carbocycles. The van der Waals surface area contributed by atoms with Gasteiger partial charge in [-0.15, -0.1) is 0 Å². The minimum absolute atomic E-state index is 0.0402. The first kappa shape index (κ1) is 19.2. The van der Waals surface area contributed by atoms with Crippen molar-refractivity contribution in [1.29, 1.82) is 0 Å². The Morgan fingerprint density at radius 3 is 2.46 bits per heavy atom. The van der Waals surface area contributed by atoms with E-state index in [2.05, 4.69) is 10.1 Å². The summed E-state index contributed by atoms with van der Waals surface area (Å²) in [5.74, 6) is 0.499. The largest absolute Gasteiger partial charge is 0.435 e. The number of hydrogen-bond acceptors (Lipinski definition) is 3. The van der Waals surface area contributed by atoms with Gasteiger partial charge in [-0.3, -0.25) is 9.59 Å². The molecule has 0 radical (unpaired) electrons. The third-order valence-electron chi connectivity index (χ3n) is 6.19. The Morgan fingerprint density at radius 2 is 1.79 bits per heavy atom. The molecule has 1 aliphatic heterocycles. The number of amides is 2. The summed E-state index contributed by atoms with van der Waals surface area (Å²) in [4.78, 5) is 27.3. The first-order valence-corrected chi connectivity index (χ1v) is 10.2. The maximum absolute atomic E-state index is 12.8. The molecule has 0 spiro atoms. The van der Waals surface area contributed by atoms with E-state index in [1.54, 1.807) is 17.0 Å². The maximum atomic E-state index is 12.8. The number of rotatable bonds is 6. The van der Waals surface area contributed by atoms with Crippen molar-refractivity contribution >= 4 is 11.8 Å². The first-order chi connectivity index (χ1) is 13.5. The standard InChI is InChI=1S/C21H26F2N2O3/c22-21(23)28-15-9-7-13(8-10-15)16-12-17(16)24-19(26)18-6-3-11-25(18)20(27)14-4-1-2-5-14/h7-10,14,16-18,21H,1-6,11-12H2,(H,24,26)/t16-,17+,18?/m0/s1. The molecule has 0 bridgehead atoms. The van der Waals surface area contributed by atoms with Crippen LogP contribution in [-0.4, -0.2) is 42.0 Å². The molecule has 5 nitrogen and oxygen atoms in total. The molecule has 2 aliphatic carbocycles. The number of carbonyl (C=O) groups excluding carboxylic acids is 2. The summed E-state index contributed by atoms with van der Waals surface area (Å²) in [5, 5.41) is 3.08. The van der Waals surface area contributed by atoms with Crippen molar-refractivity contribution in [2.75, 3.05) is 6.54 Å². The highest BCUT2D eigenvalue weighted by Crippen LogP contribution is 2.41. The van der Waals surface area contributed by atoms with E-state index in [4.69, 9.17) is 0 Å². The smallest absolute Gasteiger partial charge is 0.387 e. The van der Waals surface area contributed by atoms with Crippen LogP contribution < -0.4 is 10.1 Å². The second-order valence-electron chi connectivity index (χ2n) is 8.08. The van der Waals surface area contributed by atoms with Crippen LogP contribution in [0.2, 0.25) is 0 Å². The molecule has 0 aromatic heterocycles.